The lowest BCUT2D eigenvalue weighted by Gasteiger charge is -2.09. The fourth-order valence-electron chi connectivity index (χ4n) is 1.48. The standard InChI is InChI=1S/C11H12N4O/c1-7-10(16-2)3-9(11(12)15-7)8-4-13-6-14-5-8/h3-6H,1-2H3,(H2,12,15). The van der Waals surface area contributed by atoms with Gasteiger partial charge in [-0.25, -0.2) is 15.0 Å². The number of nitrogen functional groups attached to an aromatic ring is 1. The summed E-state index contributed by atoms with van der Waals surface area (Å²) in [5.74, 6) is 1.15. The molecule has 2 N–H and O–H groups in total. The third kappa shape index (κ3) is 1.79. The highest BCUT2D eigenvalue weighted by atomic mass is 16.5. The maximum Gasteiger partial charge on any atom is 0.140 e. The maximum absolute atomic E-state index is 5.85. The van der Waals surface area contributed by atoms with E-state index in [0.717, 1.165) is 16.8 Å². The molecule has 2 heterocycles. The first-order chi connectivity index (χ1) is 7.72. The van der Waals surface area contributed by atoms with Gasteiger partial charge >= 0.3 is 0 Å². The third-order valence-electron chi connectivity index (χ3n) is 2.29. The quantitative estimate of drug-likeness (QED) is 0.822. The van der Waals surface area contributed by atoms with Gasteiger partial charge in [-0.15, -0.1) is 0 Å². The van der Waals surface area contributed by atoms with E-state index < -0.39 is 0 Å². The molecular formula is C11H12N4O. The molecule has 0 unspecified atom stereocenters. The van der Waals surface area contributed by atoms with Crippen molar-refractivity contribution >= 4 is 5.82 Å². The molecule has 0 atom stereocenters. The second kappa shape index (κ2) is 4.14. The number of hydrogen-bond acceptors (Lipinski definition) is 5. The van der Waals surface area contributed by atoms with E-state index in [-0.39, 0.29) is 0 Å². The van der Waals surface area contributed by atoms with Crippen LogP contribution < -0.4 is 10.5 Å². The minimum Gasteiger partial charge on any atom is -0.495 e. The minimum absolute atomic E-state index is 0.452. The third-order valence-corrected chi connectivity index (χ3v) is 2.29. The molecule has 0 aliphatic carbocycles. The van der Waals surface area contributed by atoms with Gasteiger partial charge in [-0.1, -0.05) is 0 Å². The fraction of sp³-hybridized carbons (Fsp3) is 0.182. The van der Waals surface area contributed by atoms with Gasteiger partial charge in [-0.2, -0.15) is 0 Å². The Morgan fingerprint density at radius 3 is 2.56 bits per heavy atom. The SMILES string of the molecule is COc1cc(-c2cncnc2)c(N)nc1C. The molecule has 0 spiro atoms. The lowest BCUT2D eigenvalue weighted by molar-refractivity contribution is 0.409. The number of nitrogens with zero attached hydrogens (tertiary/aromatic N) is 3. The van der Waals surface area contributed by atoms with Crippen LogP contribution in [0.15, 0.2) is 24.8 Å². The highest BCUT2D eigenvalue weighted by Gasteiger charge is 2.09. The average molecular weight is 216 g/mol. The van der Waals surface area contributed by atoms with Crippen LogP contribution in [0.4, 0.5) is 5.82 Å². The van der Waals surface area contributed by atoms with E-state index in [1.807, 2.05) is 13.0 Å². The Bertz CT molecular complexity index is 499. The van der Waals surface area contributed by atoms with Crippen LogP contribution in [0.25, 0.3) is 11.1 Å². The van der Waals surface area contributed by atoms with Gasteiger partial charge in [0, 0.05) is 23.5 Å². The molecular weight excluding hydrogens is 204 g/mol. The van der Waals surface area contributed by atoms with Gasteiger partial charge in [0.1, 0.15) is 17.9 Å². The van der Waals surface area contributed by atoms with Crippen molar-refractivity contribution in [2.75, 3.05) is 12.8 Å². The van der Waals surface area contributed by atoms with E-state index in [0.29, 0.717) is 11.6 Å². The zero-order valence-corrected chi connectivity index (χ0v) is 9.14. The van der Waals surface area contributed by atoms with Crippen molar-refractivity contribution in [3.8, 4) is 16.9 Å². The second-order valence-electron chi connectivity index (χ2n) is 3.34. The Hall–Kier alpha value is -2.17. The molecule has 2 aromatic heterocycles. The van der Waals surface area contributed by atoms with E-state index >= 15 is 0 Å². The highest BCUT2D eigenvalue weighted by Crippen LogP contribution is 2.29. The van der Waals surface area contributed by atoms with Crippen molar-refractivity contribution in [3.05, 3.63) is 30.5 Å². The number of nitrogens with two attached hydrogens (primary N) is 1. The largest absolute Gasteiger partial charge is 0.495 e. The molecule has 0 amide bonds. The lowest BCUT2D eigenvalue weighted by atomic mass is 10.1. The summed E-state index contributed by atoms with van der Waals surface area (Å²) in [7, 11) is 1.60. The molecule has 5 nitrogen and oxygen atoms in total. The normalized spacial score (nSPS) is 10.1. The van der Waals surface area contributed by atoms with Gasteiger partial charge in [-0.05, 0) is 13.0 Å². The Morgan fingerprint density at radius 1 is 1.25 bits per heavy atom. The number of ether oxygens (including phenoxy) is 1. The van der Waals surface area contributed by atoms with E-state index in [1.54, 1.807) is 19.5 Å². The van der Waals surface area contributed by atoms with Crippen LogP contribution >= 0.6 is 0 Å². The number of aromatic nitrogens is 3. The summed E-state index contributed by atoms with van der Waals surface area (Å²) in [5, 5.41) is 0. The smallest absolute Gasteiger partial charge is 0.140 e. The van der Waals surface area contributed by atoms with Crippen molar-refractivity contribution in [1.82, 2.24) is 15.0 Å². The molecule has 0 aliphatic rings. The van der Waals surface area contributed by atoms with Crippen molar-refractivity contribution in [1.29, 1.82) is 0 Å². The van der Waals surface area contributed by atoms with Crippen LogP contribution in [0.5, 0.6) is 5.75 Å². The zero-order valence-electron chi connectivity index (χ0n) is 9.14. The molecule has 0 aromatic carbocycles. The molecule has 16 heavy (non-hydrogen) atoms. The number of anilines is 1. The number of hydrogen-bond donors (Lipinski definition) is 1. The molecule has 0 bridgehead atoms. The Morgan fingerprint density at radius 2 is 1.94 bits per heavy atom. The van der Waals surface area contributed by atoms with Gasteiger partial charge in [0.05, 0.1) is 12.8 Å². The van der Waals surface area contributed by atoms with Gasteiger partial charge in [0.15, 0.2) is 0 Å². The van der Waals surface area contributed by atoms with Crippen LogP contribution in [0, 0.1) is 6.92 Å². The van der Waals surface area contributed by atoms with Crippen molar-refractivity contribution in [2.45, 2.75) is 6.92 Å². The second-order valence-corrected chi connectivity index (χ2v) is 3.34. The van der Waals surface area contributed by atoms with Crippen LogP contribution in [0.3, 0.4) is 0 Å². The van der Waals surface area contributed by atoms with E-state index in [9.17, 15) is 0 Å². The van der Waals surface area contributed by atoms with E-state index in [1.165, 1.54) is 6.33 Å². The zero-order chi connectivity index (χ0) is 11.5. The minimum atomic E-state index is 0.452. The molecule has 0 saturated carbocycles. The average Bonchev–Trinajstić information content (AvgIpc) is 2.30. The summed E-state index contributed by atoms with van der Waals surface area (Å²) in [4.78, 5) is 12.1. The monoisotopic (exact) mass is 216 g/mol. The van der Waals surface area contributed by atoms with Gasteiger partial charge in [-0.3, -0.25) is 0 Å². The van der Waals surface area contributed by atoms with Crippen LogP contribution in [-0.2, 0) is 0 Å². The topological polar surface area (TPSA) is 73.9 Å². The Balaban J connectivity index is 2.57. The molecule has 0 aliphatic heterocycles. The summed E-state index contributed by atoms with van der Waals surface area (Å²) >= 11 is 0. The first kappa shape index (κ1) is 10.4. The first-order valence-electron chi connectivity index (χ1n) is 4.79. The summed E-state index contributed by atoms with van der Waals surface area (Å²) < 4.78 is 5.20. The van der Waals surface area contributed by atoms with Crippen molar-refractivity contribution in [2.24, 2.45) is 0 Å². The van der Waals surface area contributed by atoms with Gasteiger partial charge in [0.25, 0.3) is 0 Å². The Kier molecular flexibility index (Phi) is 2.68. The molecule has 0 fully saturated rings. The number of methoxy groups -OCH3 is 1. The first-order valence-corrected chi connectivity index (χ1v) is 4.79. The summed E-state index contributed by atoms with van der Waals surface area (Å²) in [6, 6.07) is 1.84. The van der Waals surface area contributed by atoms with E-state index in [4.69, 9.17) is 10.5 Å². The maximum atomic E-state index is 5.85. The molecule has 0 radical (unpaired) electrons. The van der Waals surface area contributed by atoms with Crippen LogP contribution in [-0.4, -0.2) is 22.1 Å². The molecule has 2 rings (SSSR count). The molecule has 82 valence electrons. The number of rotatable bonds is 2. The predicted octanol–water partition coefficient (Wildman–Crippen LogP) is 1.44. The summed E-state index contributed by atoms with van der Waals surface area (Å²) in [6.07, 6.45) is 4.85. The van der Waals surface area contributed by atoms with E-state index in [2.05, 4.69) is 15.0 Å². The van der Waals surface area contributed by atoms with Crippen molar-refractivity contribution in [3.63, 3.8) is 0 Å². The predicted molar refractivity (Wildman–Crippen MR) is 61.0 cm³/mol. The number of pyridine rings is 1. The summed E-state index contributed by atoms with van der Waals surface area (Å²) in [6.45, 7) is 1.85. The molecule has 2 aromatic rings. The van der Waals surface area contributed by atoms with Crippen LogP contribution in [0.2, 0.25) is 0 Å². The molecule has 5 heteroatoms. The summed E-state index contributed by atoms with van der Waals surface area (Å²) in [5.41, 5.74) is 8.22. The van der Waals surface area contributed by atoms with Gasteiger partial charge in [0.2, 0.25) is 0 Å². The Labute approximate surface area is 93.3 Å². The number of aryl methyl sites for hydroxylation is 1. The fourth-order valence-corrected chi connectivity index (χ4v) is 1.48. The molecule has 0 saturated heterocycles. The van der Waals surface area contributed by atoms with Crippen LogP contribution in [0.1, 0.15) is 5.69 Å². The van der Waals surface area contributed by atoms with Gasteiger partial charge < -0.3 is 10.5 Å². The lowest BCUT2D eigenvalue weighted by Crippen LogP contribution is -1.99. The highest BCUT2D eigenvalue weighted by molar-refractivity contribution is 5.74. The van der Waals surface area contributed by atoms with Crippen molar-refractivity contribution < 1.29 is 4.74 Å².